The van der Waals surface area contributed by atoms with Crippen LogP contribution in [0, 0.1) is 11.8 Å². The Kier molecular flexibility index (Phi) is 4.92. The van der Waals surface area contributed by atoms with Crippen molar-refractivity contribution in [2.45, 2.75) is 12.8 Å². The fraction of sp³-hybridized carbons (Fsp3) is 0.250. The van der Waals surface area contributed by atoms with Crippen LogP contribution >= 0.6 is 15.9 Å². The zero-order chi connectivity index (χ0) is 11.1. The topological polar surface area (TPSA) is 26.3 Å². The summed E-state index contributed by atoms with van der Waals surface area (Å²) >= 11 is 3.38. The molecule has 1 aromatic rings. The smallest absolute Gasteiger partial charge is 0.317 e. The number of methoxy groups -OCH3 is 1. The molecule has 0 aliphatic heterocycles. The van der Waals surface area contributed by atoms with Crippen LogP contribution in [0.3, 0.4) is 0 Å². The number of halogens is 1. The number of hydrogen-bond acceptors (Lipinski definition) is 2. The van der Waals surface area contributed by atoms with E-state index in [0.29, 0.717) is 6.42 Å². The largest absolute Gasteiger partial charge is 0.468 e. The van der Waals surface area contributed by atoms with E-state index in [1.165, 1.54) is 7.11 Å². The fourth-order valence-corrected chi connectivity index (χ4v) is 1.46. The van der Waals surface area contributed by atoms with Gasteiger partial charge < -0.3 is 4.74 Å². The molecule has 0 radical (unpaired) electrons. The van der Waals surface area contributed by atoms with Gasteiger partial charge in [-0.1, -0.05) is 39.9 Å². The van der Waals surface area contributed by atoms with Gasteiger partial charge in [0.15, 0.2) is 0 Å². The highest BCUT2D eigenvalue weighted by atomic mass is 79.9. The molecule has 0 fully saturated rings. The second kappa shape index (κ2) is 6.26. The summed E-state index contributed by atoms with van der Waals surface area (Å²) in [5.41, 5.74) is 1.13. The third-order valence-electron chi connectivity index (χ3n) is 1.77. The Balaban J connectivity index is 2.46. The highest BCUT2D eigenvalue weighted by molar-refractivity contribution is 9.10. The number of carbonyl (C=O) groups excluding carboxylic acids is 1. The lowest BCUT2D eigenvalue weighted by Gasteiger charge is -1.94. The lowest BCUT2D eigenvalue weighted by Crippen LogP contribution is -1.97. The number of benzene rings is 1. The molecule has 0 saturated carbocycles. The molecular weight excluding hydrogens is 256 g/mol. The summed E-state index contributed by atoms with van der Waals surface area (Å²) in [4.78, 5) is 10.7. The lowest BCUT2D eigenvalue weighted by molar-refractivity contribution is -0.139. The van der Waals surface area contributed by atoms with Crippen molar-refractivity contribution in [2.75, 3.05) is 7.11 Å². The maximum absolute atomic E-state index is 10.7. The molecule has 0 N–H and O–H groups in total. The van der Waals surface area contributed by atoms with Crippen LogP contribution in [0.1, 0.15) is 12.0 Å². The van der Waals surface area contributed by atoms with E-state index in [4.69, 9.17) is 0 Å². The summed E-state index contributed by atoms with van der Waals surface area (Å²) in [6.45, 7) is 0. The summed E-state index contributed by atoms with van der Waals surface area (Å²) in [5.74, 6) is 5.39. The lowest BCUT2D eigenvalue weighted by atomic mass is 10.1. The molecule has 0 aliphatic carbocycles. The Morgan fingerprint density at radius 2 is 2.27 bits per heavy atom. The van der Waals surface area contributed by atoms with E-state index in [-0.39, 0.29) is 12.4 Å². The highest BCUT2D eigenvalue weighted by Crippen LogP contribution is 2.11. The van der Waals surface area contributed by atoms with E-state index in [0.717, 1.165) is 10.0 Å². The van der Waals surface area contributed by atoms with E-state index in [1.54, 1.807) is 0 Å². The van der Waals surface area contributed by atoms with Gasteiger partial charge in [-0.05, 0) is 17.7 Å². The van der Waals surface area contributed by atoms with Gasteiger partial charge in [-0.3, -0.25) is 4.79 Å². The summed E-state index contributed by atoms with van der Waals surface area (Å²) in [5, 5.41) is 0. The molecule has 0 unspecified atom stereocenters. The van der Waals surface area contributed by atoms with Crippen molar-refractivity contribution in [1.82, 2.24) is 0 Å². The molecule has 1 aromatic carbocycles. The van der Waals surface area contributed by atoms with E-state index in [2.05, 4.69) is 32.5 Å². The Morgan fingerprint density at radius 1 is 1.47 bits per heavy atom. The predicted molar refractivity (Wildman–Crippen MR) is 62.3 cm³/mol. The average molecular weight is 267 g/mol. The Hall–Kier alpha value is -1.27. The first-order valence-corrected chi connectivity index (χ1v) is 5.28. The van der Waals surface area contributed by atoms with Crippen LogP contribution in [0.5, 0.6) is 0 Å². The van der Waals surface area contributed by atoms with Gasteiger partial charge in [0, 0.05) is 10.9 Å². The highest BCUT2D eigenvalue weighted by Gasteiger charge is 1.94. The van der Waals surface area contributed by atoms with Crippen LogP contribution in [-0.4, -0.2) is 13.1 Å². The van der Waals surface area contributed by atoms with Gasteiger partial charge in [-0.25, -0.2) is 0 Å². The molecule has 78 valence electrons. The van der Waals surface area contributed by atoms with Crippen molar-refractivity contribution in [3.8, 4) is 11.8 Å². The molecule has 3 heteroatoms. The van der Waals surface area contributed by atoms with Crippen molar-refractivity contribution in [3.63, 3.8) is 0 Å². The van der Waals surface area contributed by atoms with Crippen molar-refractivity contribution in [3.05, 3.63) is 34.3 Å². The zero-order valence-electron chi connectivity index (χ0n) is 8.42. The maximum Gasteiger partial charge on any atom is 0.317 e. The fourth-order valence-electron chi connectivity index (χ4n) is 1.02. The first-order valence-electron chi connectivity index (χ1n) is 4.49. The van der Waals surface area contributed by atoms with Crippen LogP contribution in [0.2, 0.25) is 0 Å². The summed E-state index contributed by atoms with van der Waals surface area (Å²) in [6.07, 6.45) is 0.806. The van der Waals surface area contributed by atoms with E-state index in [9.17, 15) is 4.79 Å². The summed E-state index contributed by atoms with van der Waals surface area (Å²) in [7, 11) is 1.36. The van der Waals surface area contributed by atoms with Crippen LogP contribution in [0.25, 0.3) is 0 Å². The maximum atomic E-state index is 10.7. The molecule has 0 spiro atoms. The molecule has 0 heterocycles. The number of hydrogen-bond donors (Lipinski definition) is 0. The van der Waals surface area contributed by atoms with Gasteiger partial charge in [0.05, 0.1) is 7.11 Å². The van der Waals surface area contributed by atoms with Crippen molar-refractivity contribution in [1.29, 1.82) is 0 Å². The molecule has 0 aliphatic rings. The van der Waals surface area contributed by atoms with Crippen LogP contribution < -0.4 is 0 Å². The standard InChI is InChI=1S/C12H11BrO2/c1-15-12(14)8-3-2-5-10-6-4-7-11(13)9-10/h4,6-7,9H,5,8H2,1H3. The van der Waals surface area contributed by atoms with Crippen LogP contribution in [0.4, 0.5) is 0 Å². The quantitative estimate of drug-likeness (QED) is 0.608. The van der Waals surface area contributed by atoms with Crippen LogP contribution in [-0.2, 0) is 16.0 Å². The Bertz CT molecular complexity index is 402. The summed E-state index contributed by atoms with van der Waals surface area (Å²) in [6, 6.07) is 7.93. The second-order valence-corrected chi connectivity index (χ2v) is 3.83. The van der Waals surface area contributed by atoms with E-state index >= 15 is 0 Å². The molecule has 15 heavy (non-hydrogen) atoms. The van der Waals surface area contributed by atoms with Gasteiger partial charge in [0.2, 0.25) is 0 Å². The van der Waals surface area contributed by atoms with Crippen molar-refractivity contribution < 1.29 is 9.53 Å². The minimum atomic E-state index is -0.295. The van der Waals surface area contributed by atoms with Crippen LogP contribution in [0.15, 0.2) is 28.7 Å². The SMILES string of the molecule is COC(=O)CC#CCc1cccc(Br)c1. The first-order chi connectivity index (χ1) is 7.22. The number of esters is 1. The Labute approximate surface area is 97.8 Å². The van der Waals surface area contributed by atoms with Gasteiger partial charge >= 0.3 is 5.97 Å². The third-order valence-corrected chi connectivity index (χ3v) is 2.26. The molecule has 0 bridgehead atoms. The summed E-state index contributed by atoms with van der Waals surface area (Å²) < 4.78 is 5.51. The van der Waals surface area contributed by atoms with Gasteiger partial charge in [0.1, 0.15) is 6.42 Å². The molecule has 0 saturated heterocycles. The second-order valence-electron chi connectivity index (χ2n) is 2.91. The minimum Gasteiger partial charge on any atom is -0.468 e. The number of ether oxygens (including phenoxy) is 1. The average Bonchev–Trinajstić information content (AvgIpc) is 2.24. The predicted octanol–water partition coefficient (Wildman–Crippen LogP) is 2.56. The third kappa shape index (κ3) is 4.66. The number of carbonyl (C=O) groups is 1. The molecular formula is C12H11BrO2. The Morgan fingerprint density at radius 3 is 2.93 bits per heavy atom. The van der Waals surface area contributed by atoms with Gasteiger partial charge in [-0.15, -0.1) is 0 Å². The molecule has 0 atom stereocenters. The molecule has 0 amide bonds. The normalized spacial score (nSPS) is 8.93. The minimum absolute atomic E-state index is 0.157. The molecule has 2 nitrogen and oxygen atoms in total. The van der Waals surface area contributed by atoms with Crippen molar-refractivity contribution >= 4 is 21.9 Å². The monoisotopic (exact) mass is 266 g/mol. The number of rotatable bonds is 2. The molecule has 1 rings (SSSR count). The van der Waals surface area contributed by atoms with E-state index < -0.39 is 0 Å². The van der Waals surface area contributed by atoms with Gasteiger partial charge in [0.25, 0.3) is 0 Å². The van der Waals surface area contributed by atoms with Crippen molar-refractivity contribution in [2.24, 2.45) is 0 Å². The zero-order valence-corrected chi connectivity index (χ0v) is 10.0. The van der Waals surface area contributed by atoms with Gasteiger partial charge in [-0.2, -0.15) is 0 Å². The first kappa shape index (κ1) is 11.8. The van der Waals surface area contributed by atoms with E-state index in [1.807, 2.05) is 24.3 Å². The molecule has 0 aromatic heterocycles.